The fourth-order valence-corrected chi connectivity index (χ4v) is 6.57. The number of benzene rings is 3. The highest BCUT2D eigenvalue weighted by atomic mass is 32.2. The van der Waals surface area contributed by atoms with E-state index in [4.69, 9.17) is 0 Å². The minimum absolute atomic E-state index is 0.206. The molecule has 1 fully saturated rings. The molecule has 0 bridgehead atoms. The van der Waals surface area contributed by atoms with E-state index in [1.165, 1.54) is 11.6 Å². The molecule has 0 saturated carbocycles. The topological polar surface area (TPSA) is 78.5 Å². The van der Waals surface area contributed by atoms with Gasteiger partial charge in [-0.25, -0.2) is 13.1 Å². The third kappa shape index (κ3) is 5.53. The van der Waals surface area contributed by atoms with Crippen LogP contribution < -0.4 is 14.9 Å². The van der Waals surface area contributed by atoms with Crippen LogP contribution in [0.15, 0.2) is 83.8 Å². The van der Waals surface area contributed by atoms with Crippen molar-refractivity contribution in [1.82, 2.24) is 4.72 Å². The van der Waals surface area contributed by atoms with Crippen molar-refractivity contribution in [3.63, 3.8) is 0 Å². The van der Waals surface area contributed by atoms with Crippen molar-refractivity contribution in [2.45, 2.75) is 43.0 Å². The Labute approximate surface area is 213 Å². The second-order valence-corrected chi connectivity index (χ2v) is 11.1. The Morgan fingerprint density at radius 1 is 0.917 bits per heavy atom. The molecule has 3 aromatic carbocycles. The van der Waals surface area contributed by atoms with Gasteiger partial charge in [0.25, 0.3) is 0 Å². The molecular formula is C29H31N3O3S. The number of rotatable bonds is 7. The van der Waals surface area contributed by atoms with Crippen LogP contribution in [0.3, 0.4) is 0 Å². The molecule has 1 atom stereocenters. The number of sulfonamides is 1. The van der Waals surface area contributed by atoms with Crippen LogP contribution in [0.2, 0.25) is 0 Å². The predicted molar refractivity (Wildman–Crippen MR) is 144 cm³/mol. The zero-order valence-electron chi connectivity index (χ0n) is 20.2. The quantitative estimate of drug-likeness (QED) is 0.431. The molecule has 2 aliphatic rings. The summed E-state index contributed by atoms with van der Waals surface area (Å²) >= 11 is 0. The van der Waals surface area contributed by atoms with Gasteiger partial charge in [-0.2, -0.15) is 0 Å². The van der Waals surface area contributed by atoms with Gasteiger partial charge in [0, 0.05) is 30.9 Å². The molecule has 3 aromatic rings. The second kappa shape index (κ2) is 10.7. The van der Waals surface area contributed by atoms with E-state index in [0.717, 1.165) is 56.3 Å². The molecule has 5 rings (SSSR count). The minimum atomic E-state index is -3.85. The maximum Gasteiger partial charge on any atom is 0.248 e. The highest BCUT2D eigenvalue weighted by Crippen LogP contribution is 2.35. The Balaban J connectivity index is 1.42. The first-order valence-corrected chi connectivity index (χ1v) is 14.0. The smallest absolute Gasteiger partial charge is 0.248 e. The first kappa shape index (κ1) is 24.3. The number of nitrogens with one attached hydrogen (secondary N) is 2. The summed E-state index contributed by atoms with van der Waals surface area (Å²) in [6, 6.07) is 22.5. The number of nitrogens with zero attached hydrogens (tertiary/aromatic N) is 1. The van der Waals surface area contributed by atoms with Crippen LogP contribution in [0.4, 0.5) is 11.4 Å². The van der Waals surface area contributed by atoms with Crippen molar-refractivity contribution in [1.29, 1.82) is 0 Å². The number of hydrogen-bond donors (Lipinski definition) is 2. The highest BCUT2D eigenvalue weighted by Gasteiger charge is 2.29. The Bertz CT molecular complexity index is 1360. The monoisotopic (exact) mass is 501 g/mol. The lowest BCUT2D eigenvalue weighted by molar-refractivity contribution is -0.111. The molecule has 0 radical (unpaired) electrons. The molecule has 1 heterocycles. The third-order valence-corrected chi connectivity index (χ3v) is 8.36. The van der Waals surface area contributed by atoms with Crippen molar-refractivity contribution >= 4 is 33.4 Å². The van der Waals surface area contributed by atoms with Crippen molar-refractivity contribution in [3.05, 3.63) is 95.6 Å². The van der Waals surface area contributed by atoms with E-state index in [9.17, 15) is 13.2 Å². The van der Waals surface area contributed by atoms with Crippen molar-refractivity contribution in [2.75, 3.05) is 23.3 Å². The van der Waals surface area contributed by atoms with Crippen LogP contribution in [0.5, 0.6) is 0 Å². The fourth-order valence-electron chi connectivity index (χ4n) is 5.07. The van der Waals surface area contributed by atoms with Crippen molar-refractivity contribution in [2.24, 2.45) is 0 Å². The lowest BCUT2D eigenvalue weighted by Gasteiger charge is -2.28. The first-order chi connectivity index (χ1) is 17.5. The minimum Gasteiger partial charge on any atom is -0.370 e. The van der Waals surface area contributed by atoms with Gasteiger partial charge in [0.05, 0.1) is 5.69 Å². The molecule has 186 valence electrons. The Hall–Kier alpha value is -3.42. The summed E-state index contributed by atoms with van der Waals surface area (Å²) in [5.41, 5.74) is 4.29. The summed E-state index contributed by atoms with van der Waals surface area (Å²) < 4.78 is 30.5. The van der Waals surface area contributed by atoms with Gasteiger partial charge >= 0.3 is 0 Å². The fraction of sp³-hybridized carbons (Fsp3) is 0.276. The van der Waals surface area contributed by atoms with Gasteiger partial charge < -0.3 is 10.2 Å². The number of fused-ring (bicyclic) bond motifs is 1. The molecule has 0 spiro atoms. The van der Waals surface area contributed by atoms with Crippen LogP contribution in [0.25, 0.3) is 6.08 Å². The van der Waals surface area contributed by atoms with Crippen LogP contribution in [-0.2, 0) is 21.2 Å². The third-order valence-electron chi connectivity index (χ3n) is 6.86. The maximum absolute atomic E-state index is 13.8. The zero-order chi connectivity index (χ0) is 25.0. The summed E-state index contributed by atoms with van der Waals surface area (Å²) in [5, 5.41) is 2.83. The normalized spacial score (nSPS) is 17.8. The van der Waals surface area contributed by atoms with E-state index in [1.54, 1.807) is 18.2 Å². The summed E-state index contributed by atoms with van der Waals surface area (Å²) in [7, 11) is -3.85. The number of amides is 1. The number of carbonyl (C=O) groups excluding carboxylic acids is 1. The number of aryl methyl sites for hydroxylation is 1. The average molecular weight is 502 g/mol. The van der Waals surface area contributed by atoms with Crippen LogP contribution in [0, 0.1) is 0 Å². The van der Waals surface area contributed by atoms with Gasteiger partial charge in [-0.05, 0) is 73.1 Å². The molecule has 7 heteroatoms. The van der Waals surface area contributed by atoms with E-state index >= 15 is 0 Å². The SMILES string of the molecule is O=C(/C=C/c1ccccc1)Nc1ccc(N2CCCC2)c(S(=O)(=O)NC2CCCc3ccccc32)c1. The van der Waals surface area contributed by atoms with Gasteiger partial charge in [0.1, 0.15) is 4.90 Å². The molecule has 6 nitrogen and oxygen atoms in total. The number of carbonyl (C=O) groups is 1. The summed E-state index contributed by atoms with van der Waals surface area (Å²) in [6.45, 7) is 1.64. The Morgan fingerprint density at radius 3 is 2.47 bits per heavy atom. The van der Waals surface area contributed by atoms with Crippen LogP contribution in [0.1, 0.15) is 48.4 Å². The molecule has 0 aromatic heterocycles. The highest BCUT2D eigenvalue weighted by molar-refractivity contribution is 7.89. The second-order valence-electron chi connectivity index (χ2n) is 9.37. The van der Waals surface area contributed by atoms with Gasteiger partial charge in [0.15, 0.2) is 0 Å². The molecule has 1 amide bonds. The van der Waals surface area contributed by atoms with Gasteiger partial charge in [-0.1, -0.05) is 54.6 Å². The van der Waals surface area contributed by atoms with E-state index in [0.29, 0.717) is 11.4 Å². The van der Waals surface area contributed by atoms with E-state index in [-0.39, 0.29) is 16.8 Å². The van der Waals surface area contributed by atoms with Gasteiger partial charge in [-0.15, -0.1) is 0 Å². The maximum atomic E-state index is 13.8. The van der Waals surface area contributed by atoms with E-state index < -0.39 is 10.0 Å². The summed E-state index contributed by atoms with van der Waals surface area (Å²) in [6.07, 6.45) is 7.91. The molecule has 36 heavy (non-hydrogen) atoms. The Kier molecular flexibility index (Phi) is 7.20. The summed E-state index contributed by atoms with van der Waals surface area (Å²) in [4.78, 5) is 14.9. The van der Waals surface area contributed by atoms with Gasteiger partial charge in [-0.3, -0.25) is 4.79 Å². The van der Waals surface area contributed by atoms with E-state index in [2.05, 4.69) is 21.0 Å². The van der Waals surface area contributed by atoms with Crippen molar-refractivity contribution in [3.8, 4) is 0 Å². The summed E-state index contributed by atoms with van der Waals surface area (Å²) in [5.74, 6) is -0.315. The lowest BCUT2D eigenvalue weighted by atomic mass is 9.88. The molecular weight excluding hydrogens is 470 g/mol. The van der Waals surface area contributed by atoms with E-state index in [1.807, 2.05) is 54.6 Å². The molecule has 2 N–H and O–H groups in total. The van der Waals surface area contributed by atoms with Crippen molar-refractivity contribution < 1.29 is 13.2 Å². The molecule has 1 aliphatic carbocycles. The molecule has 1 saturated heterocycles. The molecule has 1 unspecified atom stereocenters. The zero-order valence-corrected chi connectivity index (χ0v) is 21.0. The number of hydrogen-bond acceptors (Lipinski definition) is 4. The average Bonchev–Trinajstić information content (AvgIpc) is 3.43. The van der Waals surface area contributed by atoms with Crippen LogP contribution in [-0.4, -0.2) is 27.4 Å². The first-order valence-electron chi connectivity index (χ1n) is 12.5. The van der Waals surface area contributed by atoms with Crippen LogP contribution >= 0.6 is 0 Å². The largest absolute Gasteiger partial charge is 0.370 e. The van der Waals surface area contributed by atoms with Gasteiger partial charge in [0.2, 0.25) is 15.9 Å². The molecule has 1 aliphatic heterocycles. The lowest BCUT2D eigenvalue weighted by Crippen LogP contribution is -2.32. The standard InChI is InChI=1S/C29H31N3O3S/c33-29(18-15-22-9-2-1-3-10-22)30-24-16-17-27(32-19-6-7-20-32)28(21-24)36(34,35)31-26-14-8-12-23-11-4-5-13-25(23)26/h1-5,9-11,13,15-18,21,26,31H,6-8,12,14,19-20H2,(H,30,33)/b18-15+. The Morgan fingerprint density at radius 2 is 1.67 bits per heavy atom. The predicted octanol–water partition coefficient (Wildman–Crippen LogP) is 5.29. The number of anilines is 2.